The molecule has 0 unspecified atom stereocenters. The van der Waals surface area contributed by atoms with E-state index in [1.807, 2.05) is 0 Å². The molecule has 0 saturated heterocycles. The number of carbonyl (C=O) groups is 1. The molecule has 0 N–H and O–H groups in total. The lowest BCUT2D eigenvalue weighted by Crippen LogP contribution is -2.43. The molecular weight excluding hydrogens is 188 g/mol. The summed E-state index contributed by atoms with van der Waals surface area (Å²) in [5, 5.41) is 0. The van der Waals surface area contributed by atoms with Crippen LogP contribution in [0.15, 0.2) is 0 Å². The molecule has 0 aliphatic rings. The number of hydrogen-bond acceptors (Lipinski definition) is 5. The van der Waals surface area contributed by atoms with E-state index in [4.69, 9.17) is 14.2 Å². The van der Waals surface area contributed by atoms with E-state index in [0.29, 0.717) is 0 Å². The fourth-order valence-electron chi connectivity index (χ4n) is 1.31. The van der Waals surface area contributed by atoms with Crippen molar-refractivity contribution in [2.24, 2.45) is 5.92 Å². The molecule has 5 heteroatoms. The zero-order valence-electron chi connectivity index (χ0n) is 9.33. The van der Waals surface area contributed by atoms with Crippen LogP contribution in [-0.4, -0.2) is 40.4 Å². The third kappa shape index (κ3) is 2.94. The lowest BCUT2D eigenvalue weighted by atomic mass is 10.1. The maximum absolute atomic E-state index is 11.0. The largest absolute Gasteiger partial charge is 0.469 e. The Labute approximate surface area is 84.3 Å². The minimum absolute atomic E-state index is 0.173. The number of hydrogen-bond donors (Lipinski definition) is 0. The molecule has 0 aliphatic heterocycles. The summed E-state index contributed by atoms with van der Waals surface area (Å²) in [6.07, 6.45) is 0.173. The first-order valence-corrected chi connectivity index (χ1v) is 4.28. The number of esters is 1. The van der Waals surface area contributed by atoms with Crippen molar-refractivity contribution in [3.8, 4) is 0 Å². The first-order valence-electron chi connectivity index (χ1n) is 4.28. The molecule has 0 fully saturated rings. The minimum atomic E-state index is -1.19. The summed E-state index contributed by atoms with van der Waals surface area (Å²) in [6, 6.07) is 0. The van der Waals surface area contributed by atoms with Gasteiger partial charge in [0.2, 0.25) is 0 Å². The van der Waals surface area contributed by atoms with Crippen molar-refractivity contribution in [3.63, 3.8) is 0 Å². The SMILES string of the molecule is COC(=O)C[C@@H](C)C(OC)(OC)OC. The lowest BCUT2D eigenvalue weighted by Gasteiger charge is -2.33. The van der Waals surface area contributed by atoms with Crippen LogP contribution in [0.2, 0.25) is 0 Å². The van der Waals surface area contributed by atoms with Gasteiger partial charge in [-0.3, -0.25) is 4.79 Å². The molecule has 0 aromatic rings. The van der Waals surface area contributed by atoms with Crippen LogP contribution in [0.3, 0.4) is 0 Å². The molecule has 0 aromatic heterocycles. The summed E-state index contributed by atoms with van der Waals surface area (Å²) in [5.74, 6) is -1.77. The summed E-state index contributed by atoms with van der Waals surface area (Å²) in [7, 11) is 5.71. The molecular formula is C9H18O5. The molecule has 0 bridgehead atoms. The molecule has 84 valence electrons. The van der Waals surface area contributed by atoms with Crippen molar-refractivity contribution in [3.05, 3.63) is 0 Å². The first kappa shape index (κ1) is 13.4. The predicted octanol–water partition coefficient (Wildman–Crippen LogP) is 0.779. The average molecular weight is 206 g/mol. The van der Waals surface area contributed by atoms with Crippen LogP contribution in [0.1, 0.15) is 13.3 Å². The monoisotopic (exact) mass is 206 g/mol. The zero-order valence-corrected chi connectivity index (χ0v) is 9.33. The Bertz CT molecular complexity index is 168. The van der Waals surface area contributed by atoms with Crippen molar-refractivity contribution < 1.29 is 23.7 Å². The maximum atomic E-state index is 11.0. The molecule has 0 rings (SSSR count). The van der Waals surface area contributed by atoms with Gasteiger partial charge in [0, 0.05) is 27.2 Å². The second-order valence-electron chi connectivity index (χ2n) is 2.90. The number of ether oxygens (including phenoxy) is 4. The number of carbonyl (C=O) groups excluding carboxylic acids is 1. The fourth-order valence-corrected chi connectivity index (χ4v) is 1.31. The Morgan fingerprint density at radius 1 is 1.14 bits per heavy atom. The van der Waals surface area contributed by atoms with E-state index >= 15 is 0 Å². The molecule has 0 aromatic carbocycles. The Balaban J connectivity index is 4.43. The van der Waals surface area contributed by atoms with Gasteiger partial charge in [0.25, 0.3) is 5.97 Å². The second kappa shape index (κ2) is 5.95. The molecule has 14 heavy (non-hydrogen) atoms. The summed E-state index contributed by atoms with van der Waals surface area (Å²) in [6.45, 7) is 1.79. The van der Waals surface area contributed by atoms with Gasteiger partial charge in [-0.15, -0.1) is 0 Å². The smallest absolute Gasteiger partial charge is 0.306 e. The van der Waals surface area contributed by atoms with Crippen molar-refractivity contribution >= 4 is 5.97 Å². The molecule has 5 nitrogen and oxygen atoms in total. The van der Waals surface area contributed by atoms with E-state index in [9.17, 15) is 4.79 Å². The van der Waals surface area contributed by atoms with Gasteiger partial charge < -0.3 is 18.9 Å². The van der Waals surface area contributed by atoms with E-state index < -0.39 is 5.97 Å². The van der Waals surface area contributed by atoms with E-state index in [1.165, 1.54) is 28.4 Å². The Hall–Kier alpha value is -0.650. The Kier molecular flexibility index (Phi) is 5.68. The Morgan fingerprint density at radius 3 is 1.86 bits per heavy atom. The highest BCUT2D eigenvalue weighted by Crippen LogP contribution is 2.26. The third-order valence-electron chi connectivity index (χ3n) is 2.16. The van der Waals surface area contributed by atoms with Crippen LogP contribution < -0.4 is 0 Å². The van der Waals surface area contributed by atoms with Crippen LogP contribution in [0.4, 0.5) is 0 Å². The molecule has 0 spiro atoms. The molecule has 0 aliphatic carbocycles. The Morgan fingerprint density at radius 2 is 1.57 bits per heavy atom. The van der Waals surface area contributed by atoms with Crippen molar-refractivity contribution in [2.45, 2.75) is 19.3 Å². The van der Waals surface area contributed by atoms with Gasteiger partial charge in [0.05, 0.1) is 13.5 Å². The maximum Gasteiger partial charge on any atom is 0.306 e. The highest BCUT2D eigenvalue weighted by molar-refractivity contribution is 5.69. The average Bonchev–Trinajstić information content (AvgIpc) is 2.21. The molecule has 0 amide bonds. The highest BCUT2D eigenvalue weighted by atomic mass is 16.9. The summed E-state index contributed by atoms with van der Waals surface area (Å²) in [5.41, 5.74) is 0. The second-order valence-corrected chi connectivity index (χ2v) is 2.90. The van der Waals surface area contributed by atoms with Crippen LogP contribution in [0.5, 0.6) is 0 Å². The lowest BCUT2D eigenvalue weighted by molar-refractivity contribution is -0.376. The van der Waals surface area contributed by atoms with Gasteiger partial charge >= 0.3 is 5.97 Å². The van der Waals surface area contributed by atoms with Gasteiger partial charge in [0.15, 0.2) is 0 Å². The highest BCUT2D eigenvalue weighted by Gasteiger charge is 2.38. The van der Waals surface area contributed by atoms with Gasteiger partial charge in [-0.25, -0.2) is 0 Å². The van der Waals surface area contributed by atoms with E-state index in [1.54, 1.807) is 6.92 Å². The summed E-state index contributed by atoms with van der Waals surface area (Å²) >= 11 is 0. The zero-order chi connectivity index (χ0) is 11.2. The van der Waals surface area contributed by atoms with E-state index in [0.717, 1.165) is 0 Å². The van der Waals surface area contributed by atoms with Crippen molar-refractivity contribution in [1.29, 1.82) is 0 Å². The number of methoxy groups -OCH3 is 4. The summed E-state index contributed by atoms with van der Waals surface area (Å²) in [4.78, 5) is 11.0. The standard InChI is InChI=1S/C9H18O5/c1-7(6-8(10)11-2)9(12-3,13-4)14-5/h7H,6H2,1-5H3/t7-/m1/s1. The third-order valence-corrected chi connectivity index (χ3v) is 2.16. The minimum Gasteiger partial charge on any atom is -0.469 e. The van der Waals surface area contributed by atoms with Crippen LogP contribution in [0.25, 0.3) is 0 Å². The fraction of sp³-hybridized carbons (Fsp3) is 0.889. The predicted molar refractivity (Wildman–Crippen MR) is 49.6 cm³/mol. The van der Waals surface area contributed by atoms with Gasteiger partial charge in [-0.05, 0) is 0 Å². The first-order chi connectivity index (χ1) is 6.56. The van der Waals surface area contributed by atoms with Crippen molar-refractivity contribution in [2.75, 3.05) is 28.4 Å². The molecule has 0 saturated carbocycles. The van der Waals surface area contributed by atoms with Crippen molar-refractivity contribution in [1.82, 2.24) is 0 Å². The quantitative estimate of drug-likeness (QED) is 0.475. The van der Waals surface area contributed by atoms with Crippen LogP contribution in [-0.2, 0) is 23.7 Å². The van der Waals surface area contributed by atoms with Gasteiger partial charge in [0.1, 0.15) is 0 Å². The van der Waals surface area contributed by atoms with E-state index in [2.05, 4.69) is 4.74 Å². The van der Waals surface area contributed by atoms with E-state index in [-0.39, 0.29) is 18.3 Å². The molecule has 0 radical (unpaired) electrons. The molecule has 1 atom stereocenters. The normalized spacial score (nSPS) is 13.8. The number of rotatable bonds is 6. The van der Waals surface area contributed by atoms with Crippen LogP contribution in [0, 0.1) is 5.92 Å². The van der Waals surface area contributed by atoms with Crippen LogP contribution >= 0.6 is 0 Å². The van der Waals surface area contributed by atoms with Gasteiger partial charge in [-0.2, -0.15) is 0 Å². The summed E-state index contributed by atoms with van der Waals surface area (Å²) < 4.78 is 19.8. The van der Waals surface area contributed by atoms with Gasteiger partial charge in [-0.1, -0.05) is 6.92 Å². The molecule has 0 heterocycles. The topological polar surface area (TPSA) is 54.0 Å².